The monoisotopic (exact) mass is 279 g/mol. The van der Waals surface area contributed by atoms with Gasteiger partial charge < -0.3 is 10.5 Å². The maximum atomic E-state index is 12.2. The maximum absolute atomic E-state index is 12.2. The molecular weight excluding hydrogens is 262 g/mol. The van der Waals surface area contributed by atoms with Crippen LogP contribution in [0.3, 0.4) is 0 Å². The summed E-state index contributed by atoms with van der Waals surface area (Å²) in [6.45, 7) is 2.67. The molecule has 0 fully saturated rings. The molecule has 2 heterocycles. The molecular formula is C13H17N3O2S. The van der Waals surface area contributed by atoms with E-state index in [0.717, 1.165) is 10.6 Å². The zero-order valence-electron chi connectivity index (χ0n) is 11.0. The number of nitrogens with zero attached hydrogens (tertiary/aromatic N) is 2. The van der Waals surface area contributed by atoms with Crippen LogP contribution in [-0.4, -0.2) is 23.5 Å². The van der Waals surface area contributed by atoms with Gasteiger partial charge in [0, 0.05) is 18.7 Å². The van der Waals surface area contributed by atoms with Crippen molar-refractivity contribution in [3.63, 3.8) is 0 Å². The van der Waals surface area contributed by atoms with E-state index in [2.05, 4.69) is 5.10 Å². The molecule has 19 heavy (non-hydrogen) atoms. The second-order valence-electron chi connectivity index (χ2n) is 4.27. The molecule has 0 bridgehead atoms. The van der Waals surface area contributed by atoms with Crippen LogP contribution < -0.4 is 11.3 Å². The van der Waals surface area contributed by atoms with Crippen LogP contribution in [0, 0.1) is 0 Å². The summed E-state index contributed by atoms with van der Waals surface area (Å²) in [4.78, 5) is 13.2. The Kier molecular flexibility index (Phi) is 4.47. The summed E-state index contributed by atoms with van der Waals surface area (Å²) in [5.41, 5.74) is 7.07. The predicted octanol–water partition coefficient (Wildman–Crippen LogP) is 1.64. The number of ether oxygens (including phenoxy) is 1. The molecule has 0 radical (unpaired) electrons. The molecule has 2 aromatic heterocycles. The summed E-state index contributed by atoms with van der Waals surface area (Å²) in [7, 11) is 1.60. The SMILES string of the molecule is COCCn1nc(-c2cccs2)cc(C(C)N)c1=O. The van der Waals surface area contributed by atoms with Gasteiger partial charge >= 0.3 is 0 Å². The number of methoxy groups -OCH3 is 1. The van der Waals surface area contributed by atoms with Crippen molar-refractivity contribution in [1.82, 2.24) is 9.78 Å². The molecule has 2 rings (SSSR count). The highest BCUT2D eigenvalue weighted by Crippen LogP contribution is 2.23. The molecule has 0 aliphatic heterocycles. The molecule has 6 heteroatoms. The van der Waals surface area contributed by atoms with Crippen LogP contribution in [0.5, 0.6) is 0 Å². The van der Waals surface area contributed by atoms with Crippen LogP contribution in [-0.2, 0) is 11.3 Å². The molecule has 0 saturated carbocycles. The van der Waals surface area contributed by atoms with Crippen LogP contribution in [0.2, 0.25) is 0 Å². The molecule has 102 valence electrons. The third-order valence-corrected chi connectivity index (χ3v) is 3.67. The first-order chi connectivity index (χ1) is 9.13. The Morgan fingerprint density at radius 1 is 1.58 bits per heavy atom. The summed E-state index contributed by atoms with van der Waals surface area (Å²) in [6.07, 6.45) is 0. The van der Waals surface area contributed by atoms with Crippen LogP contribution in [0.15, 0.2) is 28.4 Å². The van der Waals surface area contributed by atoms with Gasteiger partial charge in [-0.15, -0.1) is 11.3 Å². The topological polar surface area (TPSA) is 70.1 Å². The zero-order valence-corrected chi connectivity index (χ0v) is 11.8. The molecule has 2 aromatic rings. The number of nitrogens with two attached hydrogens (primary N) is 1. The van der Waals surface area contributed by atoms with E-state index in [1.54, 1.807) is 31.4 Å². The molecule has 0 aliphatic carbocycles. The highest BCUT2D eigenvalue weighted by molar-refractivity contribution is 7.13. The van der Waals surface area contributed by atoms with Gasteiger partial charge in [0.25, 0.3) is 5.56 Å². The molecule has 0 amide bonds. The minimum absolute atomic E-state index is 0.146. The van der Waals surface area contributed by atoms with Crippen molar-refractivity contribution in [2.24, 2.45) is 5.73 Å². The third-order valence-electron chi connectivity index (χ3n) is 2.77. The van der Waals surface area contributed by atoms with Gasteiger partial charge in [0.05, 0.1) is 18.0 Å². The first-order valence-corrected chi connectivity index (χ1v) is 6.92. The maximum Gasteiger partial charge on any atom is 0.271 e. The van der Waals surface area contributed by atoms with E-state index in [-0.39, 0.29) is 11.6 Å². The van der Waals surface area contributed by atoms with E-state index in [1.165, 1.54) is 4.68 Å². The molecule has 2 N–H and O–H groups in total. The Bertz CT molecular complexity index is 590. The van der Waals surface area contributed by atoms with Gasteiger partial charge in [0.1, 0.15) is 5.69 Å². The summed E-state index contributed by atoms with van der Waals surface area (Å²) < 4.78 is 6.43. The van der Waals surface area contributed by atoms with Crippen molar-refractivity contribution < 1.29 is 4.74 Å². The lowest BCUT2D eigenvalue weighted by molar-refractivity contribution is 0.181. The standard InChI is InChI=1S/C13H17N3O2S/c1-9(14)10-8-11(12-4-3-7-19-12)15-16(13(10)17)5-6-18-2/h3-4,7-9H,5-6,14H2,1-2H3. The first kappa shape index (κ1) is 13.9. The number of thiophene rings is 1. The Balaban J connectivity index is 2.51. The van der Waals surface area contributed by atoms with E-state index < -0.39 is 0 Å². The van der Waals surface area contributed by atoms with E-state index in [9.17, 15) is 4.79 Å². The van der Waals surface area contributed by atoms with Gasteiger partial charge in [-0.1, -0.05) is 6.07 Å². The van der Waals surface area contributed by atoms with E-state index in [4.69, 9.17) is 10.5 Å². The van der Waals surface area contributed by atoms with Gasteiger partial charge in [-0.2, -0.15) is 5.10 Å². The second kappa shape index (κ2) is 6.10. The van der Waals surface area contributed by atoms with Gasteiger partial charge in [0.15, 0.2) is 0 Å². The van der Waals surface area contributed by atoms with Crippen molar-refractivity contribution in [2.75, 3.05) is 13.7 Å². The molecule has 0 spiro atoms. The van der Waals surface area contributed by atoms with Crippen molar-refractivity contribution in [2.45, 2.75) is 19.5 Å². The molecule has 0 aliphatic rings. The lowest BCUT2D eigenvalue weighted by Gasteiger charge is -2.11. The van der Waals surface area contributed by atoms with Crippen LogP contribution in [0.4, 0.5) is 0 Å². The average Bonchev–Trinajstić information content (AvgIpc) is 2.91. The first-order valence-electron chi connectivity index (χ1n) is 6.04. The summed E-state index contributed by atoms with van der Waals surface area (Å²) in [6, 6.07) is 5.39. The van der Waals surface area contributed by atoms with Crippen molar-refractivity contribution in [3.8, 4) is 10.6 Å². The largest absolute Gasteiger partial charge is 0.383 e. The lowest BCUT2D eigenvalue weighted by atomic mass is 10.1. The minimum atomic E-state index is -0.317. The highest BCUT2D eigenvalue weighted by atomic mass is 32.1. The number of rotatable bonds is 5. The fourth-order valence-electron chi connectivity index (χ4n) is 1.76. The molecule has 1 atom stereocenters. The second-order valence-corrected chi connectivity index (χ2v) is 5.22. The predicted molar refractivity (Wildman–Crippen MR) is 76.3 cm³/mol. The van der Waals surface area contributed by atoms with E-state index in [1.807, 2.05) is 17.5 Å². The fraction of sp³-hybridized carbons (Fsp3) is 0.385. The molecule has 5 nitrogen and oxygen atoms in total. The number of aromatic nitrogens is 2. The minimum Gasteiger partial charge on any atom is -0.383 e. The number of hydrogen-bond donors (Lipinski definition) is 1. The van der Waals surface area contributed by atoms with Gasteiger partial charge in [-0.3, -0.25) is 4.79 Å². The highest BCUT2D eigenvalue weighted by Gasteiger charge is 2.13. The lowest BCUT2D eigenvalue weighted by Crippen LogP contribution is -2.30. The molecule has 0 saturated heterocycles. The van der Waals surface area contributed by atoms with Crippen molar-refractivity contribution in [3.05, 3.63) is 39.5 Å². The van der Waals surface area contributed by atoms with Gasteiger partial charge in [-0.25, -0.2) is 4.68 Å². The molecule has 0 aromatic carbocycles. The summed E-state index contributed by atoms with van der Waals surface area (Å²) >= 11 is 1.58. The van der Waals surface area contributed by atoms with E-state index in [0.29, 0.717) is 18.7 Å². The smallest absolute Gasteiger partial charge is 0.271 e. The normalized spacial score (nSPS) is 12.6. The van der Waals surface area contributed by atoms with Crippen LogP contribution in [0.1, 0.15) is 18.5 Å². The van der Waals surface area contributed by atoms with Crippen LogP contribution in [0.25, 0.3) is 10.6 Å². The molecule has 1 unspecified atom stereocenters. The Morgan fingerprint density at radius 3 is 2.95 bits per heavy atom. The summed E-state index contributed by atoms with van der Waals surface area (Å²) in [5, 5.41) is 6.35. The van der Waals surface area contributed by atoms with E-state index >= 15 is 0 Å². The van der Waals surface area contributed by atoms with Crippen LogP contribution >= 0.6 is 11.3 Å². The van der Waals surface area contributed by atoms with Gasteiger partial charge in [-0.05, 0) is 24.4 Å². The van der Waals surface area contributed by atoms with Gasteiger partial charge in [0.2, 0.25) is 0 Å². The quantitative estimate of drug-likeness (QED) is 0.903. The zero-order chi connectivity index (χ0) is 13.8. The summed E-state index contributed by atoms with van der Waals surface area (Å²) in [5.74, 6) is 0. The Morgan fingerprint density at radius 2 is 2.37 bits per heavy atom. The fourth-order valence-corrected chi connectivity index (χ4v) is 2.44. The average molecular weight is 279 g/mol. The van der Waals surface area contributed by atoms with Crippen molar-refractivity contribution in [1.29, 1.82) is 0 Å². The number of hydrogen-bond acceptors (Lipinski definition) is 5. The third kappa shape index (κ3) is 3.09. The Labute approximate surface area is 115 Å². The van der Waals surface area contributed by atoms with Crippen molar-refractivity contribution >= 4 is 11.3 Å². The Hall–Kier alpha value is -1.50.